The zero-order chi connectivity index (χ0) is 19.6. The van der Waals surface area contributed by atoms with Gasteiger partial charge in [-0.3, -0.25) is 9.79 Å². The molecule has 0 fully saturated rings. The van der Waals surface area contributed by atoms with Crippen LogP contribution in [0.2, 0.25) is 0 Å². The normalized spacial score (nSPS) is 10.5. The third kappa shape index (κ3) is 7.26. The molecule has 7 nitrogen and oxygen atoms in total. The number of amides is 1. The molecule has 0 aromatic heterocycles. The van der Waals surface area contributed by atoms with E-state index in [1.165, 1.54) is 6.92 Å². The Hall–Kier alpha value is -2.49. The first-order valence-corrected chi connectivity index (χ1v) is 8.57. The van der Waals surface area contributed by atoms with E-state index in [1.807, 2.05) is 42.5 Å². The van der Waals surface area contributed by atoms with Crippen molar-refractivity contribution in [3.8, 4) is 11.5 Å². The molecule has 0 bridgehead atoms. The fourth-order valence-corrected chi connectivity index (χ4v) is 2.53. The highest BCUT2D eigenvalue weighted by molar-refractivity contribution is 14.0. The Kier molecular flexibility index (Phi) is 10.1. The lowest BCUT2D eigenvalue weighted by Crippen LogP contribution is -2.36. The molecule has 2 aromatic rings. The van der Waals surface area contributed by atoms with Gasteiger partial charge in [-0.05, 0) is 35.4 Å². The standard InChI is InChI=1S/C20H26N4O3.HI/c1-14(25)24-18-11-16(8-9-19(18)27-4)13-23-20(21-2)22-12-15-6-5-7-17(10-15)26-3;/h5-11H,12-13H2,1-4H3,(H,24,25)(H2,21,22,23);1H. The molecule has 0 aliphatic rings. The first-order chi connectivity index (χ1) is 13.0. The monoisotopic (exact) mass is 498 g/mol. The quantitative estimate of drug-likeness (QED) is 0.311. The number of rotatable bonds is 7. The summed E-state index contributed by atoms with van der Waals surface area (Å²) in [6.45, 7) is 2.64. The Morgan fingerprint density at radius 3 is 2.25 bits per heavy atom. The number of benzene rings is 2. The van der Waals surface area contributed by atoms with Gasteiger partial charge in [0.05, 0.1) is 19.9 Å². The summed E-state index contributed by atoms with van der Waals surface area (Å²) in [4.78, 5) is 15.6. The highest BCUT2D eigenvalue weighted by atomic mass is 127. The number of aliphatic imine (C=N–C) groups is 1. The van der Waals surface area contributed by atoms with Crippen LogP contribution in [0, 0.1) is 0 Å². The zero-order valence-electron chi connectivity index (χ0n) is 16.5. The van der Waals surface area contributed by atoms with E-state index in [4.69, 9.17) is 9.47 Å². The molecule has 152 valence electrons. The van der Waals surface area contributed by atoms with Crippen LogP contribution < -0.4 is 25.4 Å². The predicted molar refractivity (Wildman–Crippen MR) is 123 cm³/mol. The van der Waals surface area contributed by atoms with Crippen molar-refractivity contribution in [1.82, 2.24) is 10.6 Å². The van der Waals surface area contributed by atoms with Gasteiger partial charge in [-0.1, -0.05) is 18.2 Å². The zero-order valence-corrected chi connectivity index (χ0v) is 18.9. The van der Waals surface area contributed by atoms with Gasteiger partial charge < -0.3 is 25.4 Å². The van der Waals surface area contributed by atoms with E-state index >= 15 is 0 Å². The average molecular weight is 498 g/mol. The topological polar surface area (TPSA) is 84.0 Å². The van der Waals surface area contributed by atoms with Crippen LogP contribution >= 0.6 is 24.0 Å². The van der Waals surface area contributed by atoms with Crippen LogP contribution in [0.25, 0.3) is 0 Å². The van der Waals surface area contributed by atoms with Gasteiger partial charge in [0.25, 0.3) is 0 Å². The van der Waals surface area contributed by atoms with Crippen LogP contribution in [0.5, 0.6) is 11.5 Å². The van der Waals surface area contributed by atoms with Crippen molar-refractivity contribution in [1.29, 1.82) is 0 Å². The summed E-state index contributed by atoms with van der Waals surface area (Å²) in [5.74, 6) is 1.97. The van der Waals surface area contributed by atoms with E-state index in [0.717, 1.165) is 16.9 Å². The number of hydrogen-bond acceptors (Lipinski definition) is 4. The van der Waals surface area contributed by atoms with E-state index in [2.05, 4.69) is 20.9 Å². The Bertz CT molecular complexity index is 812. The fourth-order valence-electron chi connectivity index (χ4n) is 2.53. The molecule has 0 saturated carbocycles. The van der Waals surface area contributed by atoms with Gasteiger partial charge in [-0.2, -0.15) is 0 Å². The largest absolute Gasteiger partial charge is 0.497 e. The molecule has 0 aliphatic heterocycles. The van der Waals surface area contributed by atoms with Crippen molar-refractivity contribution < 1.29 is 14.3 Å². The molecule has 0 atom stereocenters. The van der Waals surface area contributed by atoms with Gasteiger partial charge in [-0.15, -0.1) is 24.0 Å². The molecule has 0 spiro atoms. The molecule has 28 heavy (non-hydrogen) atoms. The van der Waals surface area contributed by atoms with Crippen LogP contribution in [-0.4, -0.2) is 33.1 Å². The molecular formula is C20H27IN4O3. The van der Waals surface area contributed by atoms with Crippen molar-refractivity contribution in [2.45, 2.75) is 20.0 Å². The number of carbonyl (C=O) groups is 1. The summed E-state index contributed by atoms with van der Waals surface area (Å²) in [6.07, 6.45) is 0. The van der Waals surface area contributed by atoms with Gasteiger partial charge in [0.15, 0.2) is 5.96 Å². The van der Waals surface area contributed by atoms with Gasteiger partial charge in [0, 0.05) is 27.1 Å². The summed E-state index contributed by atoms with van der Waals surface area (Å²) >= 11 is 0. The number of methoxy groups -OCH3 is 2. The number of halogens is 1. The second-order valence-electron chi connectivity index (χ2n) is 5.85. The fraction of sp³-hybridized carbons (Fsp3) is 0.300. The first-order valence-electron chi connectivity index (χ1n) is 8.57. The Balaban J connectivity index is 0.00000392. The van der Waals surface area contributed by atoms with Crippen molar-refractivity contribution in [2.24, 2.45) is 4.99 Å². The van der Waals surface area contributed by atoms with Crippen molar-refractivity contribution in [2.75, 3.05) is 26.6 Å². The second-order valence-corrected chi connectivity index (χ2v) is 5.85. The lowest BCUT2D eigenvalue weighted by Gasteiger charge is -2.14. The molecule has 3 N–H and O–H groups in total. The van der Waals surface area contributed by atoms with Crippen LogP contribution in [-0.2, 0) is 17.9 Å². The molecule has 0 aliphatic carbocycles. The maximum absolute atomic E-state index is 11.4. The number of carbonyl (C=O) groups excluding carboxylic acids is 1. The molecule has 2 aromatic carbocycles. The summed E-state index contributed by atoms with van der Waals surface area (Å²) < 4.78 is 10.5. The maximum atomic E-state index is 11.4. The Labute approximate surface area is 182 Å². The molecular weight excluding hydrogens is 471 g/mol. The van der Waals surface area contributed by atoms with E-state index in [1.54, 1.807) is 21.3 Å². The number of ether oxygens (including phenoxy) is 2. The highest BCUT2D eigenvalue weighted by Crippen LogP contribution is 2.25. The lowest BCUT2D eigenvalue weighted by molar-refractivity contribution is -0.114. The Morgan fingerprint density at radius 1 is 1.00 bits per heavy atom. The molecule has 0 saturated heterocycles. The number of nitrogens with zero attached hydrogens (tertiary/aromatic N) is 1. The second kappa shape index (κ2) is 12.1. The average Bonchev–Trinajstić information content (AvgIpc) is 2.68. The van der Waals surface area contributed by atoms with E-state index in [9.17, 15) is 4.79 Å². The van der Waals surface area contributed by atoms with Crippen LogP contribution in [0.1, 0.15) is 18.1 Å². The molecule has 0 heterocycles. The van der Waals surface area contributed by atoms with E-state index in [0.29, 0.717) is 30.5 Å². The van der Waals surface area contributed by atoms with Gasteiger partial charge in [0.1, 0.15) is 11.5 Å². The smallest absolute Gasteiger partial charge is 0.221 e. The third-order valence-electron chi connectivity index (χ3n) is 3.85. The summed E-state index contributed by atoms with van der Waals surface area (Å²) in [5.41, 5.74) is 2.72. The minimum absolute atomic E-state index is 0. The molecule has 8 heteroatoms. The number of nitrogens with one attached hydrogen (secondary N) is 3. The number of hydrogen-bond donors (Lipinski definition) is 3. The van der Waals surface area contributed by atoms with Crippen LogP contribution in [0.15, 0.2) is 47.5 Å². The Morgan fingerprint density at radius 2 is 1.68 bits per heavy atom. The number of anilines is 1. The lowest BCUT2D eigenvalue weighted by atomic mass is 10.2. The molecule has 2 rings (SSSR count). The van der Waals surface area contributed by atoms with Crippen molar-refractivity contribution >= 4 is 41.5 Å². The summed E-state index contributed by atoms with van der Waals surface area (Å²) in [6, 6.07) is 13.5. The summed E-state index contributed by atoms with van der Waals surface area (Å²) in [5, 5.41) is 9.30. The van der Waals surface area contributed by atoms with Gasteiger partial charge in [-0.25, -0.2) is 0 Å². The van der Waals surface area contributed by atoms with Crippen molar-refractivity contribution in [3.05, 3.63) is 53.6 Å². The minimum Gasteiger partial charge on any atom is -0.497 e. The summed E-state index contributed by atoms with van der Waals surface area (Å²) in [7, 11) is 4.94. The van der Waals surface area contributed by atoms with Crippen LogP contribution in [0.4, 0.5) is 5.69 Å². The SMILES string of the molecule is CN=C(NCc1cccc(OC)c1)NCc1ccc(OC)c(NC(C)=O)c1.I. The highest BCUT2D eigenvalue weighted by Gasteiger charge is 2.07. The minimum atomic E-state index is -0.144. The molecule has 0 unspecified atom stereocenters. The van der Waals surface area contributed by atoms with E-state index in [-0.39, 0.29) is 29.9 Å². The van der Waals surface area contributed by atoms with E-state index < -0.39 is 0 Å². The maximum Gasteiger partial charge on any atom is 0.221 e. The van der Waals surface area contributed by atoms with Crippen LogP contribution in [0.3, 0.4) is 0 Å². The van der Waals surface area contributed by atoms with Crippen molar-refractivity contribution in [3.63, 3.8) is 0 Å². The first kappa shape index (κ1) is 23.5. The third-order valence-corrected chi connectivity index (χ3v) is 3.85. The predicted octanol–water partition coefficient (Wildman–Crippen LogP) is 3.15. The van der Waals surface area contributed by atoms with Gasteiger partial charge >= 0.3 is 0 Å². The molecule has 0 radical (unpaired) electrons. The van der Waals surface area contributed by atoms with Gasteiger partial charge in [0.2, 0.25) is 5.91 Å². The molecule has 1 amide bonds. The number of guanidine groups is 1.